The maximum atomic E-state index is 13.9. The number of carbonyl (C=O) groups is 1. The second kappa shape index (κ2) is 5.40. The molecular weight excluding hydrogens is 288 g/mol. The first-order valence-electron chi connectivity index (χ1n) is 6.38. The number of hydrogen-bond acceptors (Lipinski definition) is 2. The molecule has 0 unspecified atom stereocenters. The van der Waals surface area contributed by atoms with Crippen LogP contribution in [0.25, 0.3) is 23.1 Å². The van der Waals surface area contributed by atoms with E-state index in [4.69, 9.17) is 5.73 Å². The van der Waals surface area contributed by atoms with Gasteiger partial charge in [-0.15, -0.1) is 0 Å². The molecule has 4 nitrogen and oxygen atoms in total. The van der Waals surface area contributed by atoms with Gasteiger partial charge in [-0.3, -0.25) is 0 Å². The molecule has 22 heavy (non-hydrogen) atoms. The standard InChI is InChI=1S/C16H10F2N3O/c17-12-6-2-1-4-10(12)8-9-14-11-5-3-7-13(18)15(11)21(20-14)16(19)22/h1-2,4-9H,(H2,19,22)/b9-8+. The summed E-state index contributed by atoms with van der Waals surface area (Å²) in [5.74, 6) is -1.05. The molecule has 6 heteroatoms. The van der Waals surface area contributed by atoms with E-state index in [1.54, 1.807) is 18.2 Å². The number of halogens is 2. The predicted molar refractivity (Wildman–Crippen MR) is 78.8 cm³/mol. The van der Waals surface area contributed by atoms with Crippen molar-refractivity contribution >= 4 is 29.1 Å². The van der Waals surface area contributed by atoms with Crippen molar-refractivity contribution in [2.75, 3.05) is 0 Å². The van der Waals surface area contributed by atoms with Crippen molar-refractivity contribution in [3.05, 3.63) is 65.4 Å². The van der Waals surface area contributed by atoms with Crippen LogP contribution >= 0.6 is 0 Å². The van der Waals surface area contributed by atoms with E-state index in [1.807, 2.05) is 0 Å². The van der Waals surface area contributed by atoms with E-state index in [0.717, 1.165) is 10.7 Å². The molecule has 0 saturated heterocycles. The first-order valence-corrected chi connectivity index (χ1v) is 6.38. The zero-order valence-corrected chi connectivity index (χ0v) is 11.3. The highest BCUT2D eigenvalue weighted by Crippen LogP contribution is 2.23. The van der Waals surface area contributed by atoms with E-state index < -0.39 is 17.7 Å². The number of fused-ring (bicyclic) bond motifs is 1. The summed E-state index contributed by atoms with van der Waals surface area (Å²) in [6, 6.07) is 10.5. The summed E-state index contributed by atoms with van der Waals surface area (Å²) < 4.78 is 28.2. The molecule has 0 spiro atoms. The Morgan fingerprint density at radius 1 is 1.18 bits per heavy atom. The first kappa shape index (κ1) is 13.9. The molecule has 0 aliphatic heterocycles. The summed E-state index contributed by atoms with van der Waals surface area (Å²) in [5.41, 5.74) is 5.82. The van der Waals surface area contributed by atoms with Gasteiger partial charge in [0.05, 0.1) is 5.69 Å². The molecular formula is C16H10F2N3O. The van der Waals surface area contributed by atoms with E-state index in [2.05, 4.69) is 11.2 Å². The maximum Gasteiger partial charge on any atom is 0.340 e. The number of nitrogens with two attached hydrogens (primary N) is 1. The highest BCUT2D eigenvalue weighted by atomic mass is 19.1. The monoisotopic (exact) mass is 298 g/mol. The van der Waals surface area contributed by atoms with Gasteiger partial charge in [0.15, 0.2) is 0 Å². The number of benzene rings is 2. The number of primary amides is 1. The molecule has 1 aromatic heterocycles. The van der Waals surface area contributed by atoms with Gasteiger partial charge in [0, 0.05) is 10.9 Å². The van der Waals surface area contributed by atoms with Crippen LogP contribution in [0.4, 0.5) is 13.6 Å². The SMILES string of the molecule is NC(=O)n1nc(/C=C/c2ccccc2F)c2c[c]cc(F)c21. The summed E-state index contributed by atoms with van der Waals surface area (Å²) in [7, 11) is 0. The summed E-state index contributed by atoms with van der Waals surface area (Å²) in [5, 5.41) is 4.33. The van der Waals surface area contributed by atoms with Crippen LogP contribution in [0.1, 0.15) is 11.3 Å². The molecule has 2 N–H and O–H groups in total. The molecule has 3 rings (SSSR count). The van der Waals surface area contributed by atoms with Crippen molar-refractivity contribution in [3.63, 3.8) is 0 Å². The number of hydrogen-bond donors (Lipinski definition) is 1. The topological polar surface area (TPSA) is 60.9 Å². The van der Waals surface area contributed by atoms with Crippen LogP contribution in [0.15, 0.2) is 36.4 Å². The van der Waals surface area contributed by atoms with Crippen LogP contribution in [0.2, 0.25) is 0 Å². The Kier molecular flexibility index (Phi) is 3.42. The van der Waals surface area contributed by atoms with Crippen molar-refractivity contribution in [1.82, 2.24) is 9.78 Å². The van der Waals surface area contributed by atoms with E-state index >= 15 is 0 Å². The van der Waals surface area contributed by atoms with Gasteiger partial charge >= 0.3 is 6.03 Å². The fraction of sp³-hybridized carbons (Fsp3) is 0. The van der Waals surface area contributed by atoms with Crippen molar-refractivity contribution < 1.29 is 13.6 Å². The van der Waals surface area contributed by atoms with Gasteiger partial charge in [-0.05, 0) is 36.4 Å². The molecule has 0 aliphatic rings. The van der Waals surface area contributed by atoms with Gasteiger partial charge in [-0.1, -0.05) is 18.2 Å². The van der Waals surface area contributed by atoms with E-state index in [0.29, 0.717) is 16.6 Å². The van der Waals surface area contributed by atoms with E-state index in [9.17, 15) is 13.6 Å². The largest absolute Gasteiger partial charge is 0.350 e. The number of carbonyl (C=O) groups excluding carboxylic acids is 1. The van der Waals surface area contributed by atoms with Crippen LogP contribution in [0.5, 0.6) is 0 Å². The van der Waals surface area contributed by atoms with Gasteiger partial charge in [0.25, 0.3) is 0 Å². The zero-order chi connectivity index (χ0) is 15.7. The Labute approximate surface area is 124 Å². The summed E-state index contributed by atoms with van der Waals surface area (Å²) in [4.78, 5) is 11.4. The number of rotatable bonds is 2. The first-order chi connectivity index (χ1) is 10.6. The van der Waals surface area contributed by atoms with Crippen LogP contribution in [0, 0.1) is 17.7 Å². The van der Waals surface area contributed by atoms with Crippen molar-refractivity contribution in [2.24, 2.45) is 5.73 Å². The Hall–Kier alpha value is -3.02. The second-order valence-corrected chi connectivity index (χ2v) is 4.56. The normalized spacial score (nSPS) is 11.4. The smallest absolute Gasteiger partial charge is 0.340 e. The lowest BCUT2D eigenvalue weighted by molar-refractivity contribution is 0.248. The number of aromatic nitrogens is 2. The highest BCUT2D eigenvalue weighted by molar-refractivity contribution is 5.95. The molecule has 0 bridgehead atoms. The molecule has 2 aromatic carbocycles. The molecule has 1 heterocycles. The maximum absolute atomic E-state index is 13.9. The lowest BCUT2D eigenvalue weighted by Gasteiger charge is -1.96. The fourth-order valence-corrected chi connectivity index (χ4v) is 2.15. The Morgan fingerprint density at radius 3 is 2.68 bits per heavy atom. The third-order valence-electron chi connectivity index (χ3n) is 3.15. The molecule has 3 aromatic rings. The zero-order valence-electron chi connectivity index (χ0n) is 11.3. The third kappa shape index (κ3) is 2.35. The lowest BCUT2D eigenvalue weighted by Crippen LogP contribution is -2.21. The Bertz CT molecular complexity index is 900. The van der Waals surface area contributed by atoms with Crippen LogP contribution in [-0.4, -0.2) is 15.8 Å². The molecule has 0 saturated carbocycles. The average Bonchev–Trinajstić information content (AvgIpc) is 2.87. The molecule has 1 radical (unpaired) electrons. The summed E-state index contributed by atoms with van der Waals surface area (Å²) >= 11 is 0. The second-order valence-electron chi connectivity index (χ2n) is 4.56. The average molecular weight is 298 g/mol. The highest BCUT2D eigenvalue weighted by Gasteiger charge is 2.15. The van der Waals surface area contributed by atoms with Gasteiger partial charge < -0.3 is 5.73 Å². The quantitative estimate of drug-likeness (QED) is 0.789. The third-order valence-corrected chi connectivity index (χ3v) is 3.15. The van der Waals surface area contributed by atoms with Crippen LogP contribution in [0.3, 0.4) is 0 Å². The van der Waals surface area contributed by atoms with Crippen LogP contribution in [-0.2, 0) is 0 Å². The van der Waals surface area contributed by atoms with E-state index in [1.165, 1.54) is 24.3 Å². The number of nitrogens with zero attached hydrogens (tertiary/aromatic N) is 2. The van der Waals surface area contributed by atoms with Crippen molar-refractivity contribution in [2.45, 2.75) is 0 Å². The van der Waals surface area contributed by atoms with Crippen LogP contribution < -0.4 is 5.73 Å². The van der Waals surface area contributed by atoms with E-state index in [-0.39, 0.29) is 5.52 Å². The Morgan fingerprint density at radius 2 is 1.95 bits per heavy atom. The minimum atomic E-state index is -0.902. The fourth-order valence-electron chi connectivity index (χ4n) is 2.15. The minimum Gasteiger partial charge on any atom is -0.350 e. The van der Waals surface area contributed by atoms with Crippen molar-refractivity contribution in [1.29, 1.82) is 0 Å². The molecule has 109 valence electrons. The molecule has 0 atom stereocenters. The van der Waals surface area contributed by atoms with Gasteiger partial charge in [0.2, 0.25) is 0 Å². The van der Waals surface area contributed by atoms with Gasteiger partial charge in [-0.2, -0.15) is 9.78 Å². The lowest BCUT2D eigenvalue weighted by atomic mass is 10.1. The summed E-state index contributed by atoms with van der Waals surface area (Å²) in [6.45, 7) is 0. The van der Waals surface area contributed by atoms with Gasteiger partial charge in [-0.25, -0.2) is 13.6 Å². The number of amides is 1. The predicted octanol–water partition coefficient (Wildman–Crippen LogP) is 3.21. The Balaban J connectivity index is 2.14. The summed E-state index contributed by atoms with van der Waals surface area (Å²) in [6.07, 6.45) is 2.99. The molecule has 0 fully saturated rings. The molecule has 0 aliphatic carbocycles. The van der Waals surface area contributed by atoms with Crippen molar-refractivity contribution in [3.8, 4) is 0 Å². The molecule has 1 amide bonds. The van der Waals surface area contributed by atoms with Gasteiger partial charge in [0.1, 0.15) is 17.2 Å². The minimum absolute atomic E-state index is 0.0283.